The number of ether oxygens (including phenoxy) is 1. The topological polar surface area (TPSA) is 21.3 Å². The molecule has 3 heteroatoms. The van der Waals surface area contributed by atoms with E-state index in [-0.39, 0.29) is 5.82 Å². The van der Waals surface area contributed by atoms with E-state index >= 15 is 0 Å². The zero-order chi connectivity index (χ0) is 15.1. The first-order valence-corrected chi connectivity index (χ1v) is 7.33. The van der Waals surface area contributed by atoms with Gasteiger partial charge in [-0.15, -0.1) is 0 Å². The average Bonchev–Trinajstić information content (AvgIpc) is 2.47. The van der Waals surface area contributed by atoms with E-state index in [1.54, 1.807) is 12.1 Å². The molecule has 2 aromatic rings. The van der Waals surface area contributed by atoms with Gasteiger partial charge in [-0.05, 0) is 48.4 Å². The van der Waals surface area contributed by atoms with Crippen molar-refractivity contribution >= 4 is 0 Å². The van der Waals surface area contributed by atoms with Gasteiger partial charge in [0.2, 0.25) is 0 Å². The fraction of sp³-hybridized carbons (Fsp3) is 0.333. The van der Waals surface area contributed by atoms with Crippen LogP contribution >= 0.6 is 0 Å². The summed E-state index contributed by atoms with van der Waals surface area (Å²) in [6.45, 7) is 5.74. The van der Waals surface area contributed by atoms with Crippen LogP contribution in [0.15, 0.2) is 48.5 Å². The number of nitrogens with one attached hydrogen (secondary N) is 1. The number of rotatable bonds is 7. The molecule has 2 nitrogen and oxygen atoms in total. The Morgan fingerprint density at radius 2 is 1.67 bits per heavy atom. The molecule has 0 aliphatic carbocycles. The van der Waals surface area contributed by atoms with Crippen molar-refractivity contribution in [3.05, 3.63) is 65.5 Å². The Balaban J connectivity index is 1.94. The zero-order valence-corrected chi connectivity index (χ0v) is 12.6. The second-order valence-electron chi connectivity index (χ2n) is 5.37. The van der Waals surface area contributed by atoms with Crippen LogP contribution in [0.2, 0.25) is 0 Å². The summed E-state index contributed by atoms with van der Waals surface area (Å²) in [5.74, 6) is 0.439. The van der Waals surface area contributed by atoms with Crippen LogP contribution in [-0.2, 0) is 13.0 Å². The zero-order valence-electron chi connectivity index (χ0n) is 12.6. The largest absolute Gasteiger partial charge is 0.489 e. The molecule has 0 heterocycles. The van der Waals surface area contributed by atoms with Gasteiger partial charge in [0.15, 0.2) is 0 Å². The molecule has 0 aliphatic heterocycles. The predicted octanol–water partition coefficient (Wildman–Crippen LogP) is 3.95. The third-order valence-corrected chi connectivity index (χ3v) is 3.27. The van der Waals surface area contributed by atoms with E-state index in [2.05, 4.69) is 31.3 Å². The molecule has 21 heavy (non-hydrogen) atoms. The minimum atomic E-state index is -0.248. The molecule has 0 amide bonds. The van der Waals surface area contributed by atoms with E-state index in [9.17, 15) is 4.39 Å². The Bertz CT molecular complexity index is 551. The van der Waals surface area contributed by atoms with E-state index in [1.165, 1.54) is 23.3 Å². The summed E-state index contributed by atoms with van der Waals surface area (Å²) in [4.78, 5) is 0. The Kier molecular flexibility index (Phi) is 5.76. The maximum Gasteiger partial charge on any atom is 0.123 e. The van der Waals surface area contributed by atoms with Gasteiger partial charge in [-0.2, -0.15) is 0 Å². The standard InChI is InChI=1S/C18H22FNO/c1-14(2)20-12-11-15-5-3-4-6-16(15)13-21-18-9-7-17(19)8-10-18/h3-10,14,20H,11-13H2,1-2H3. The van der Waals surface area contributed by atoms with Crippen LogP contribution < -0.4 is 10.1 Å². The fourth-order valence-corrected chi connectivity index (χ4v) is 2.13. The summed E-state index contributed by atoms with van der Waals surface area (Å²) in [7, 11) is 0. The monoisotopic (exact) mass is 287 g/mol. The molecule has 2 aromatic carbocycles. The second kappa shape index (κ2) is 7.79. The van der Waals surface area contributed by atoms with Crippen molar-refractivity contribution in [2.45, 2.75) is 32.9 Å². The first-order valence-electron chi connectivity index (χ1n) is 7.33. The van der Waals surface area contributed by atoms with Gasteiger partial charge in [0, 0.05) is 6.04 Å². The molecule has 0 saturated carbocycles. The summed E-state index contributed by atoms with van der Waals surface area (Å²) in [6, 6.07) is 14.9. The van der Waals surface area contributed by atoms with Crippen molar-refractivity contribution in [1.29, 1.82) is 0 Å². The van der Waals surface area contributed by atoms with E-state index in [0.717, 1.165) is 13.0 Å². The van der Waals surface area contributed by atoms with Crippen LogP contribution in [0.25, 0.3) is 0 Å². The predicted molar refractivity (Wildman–Crippen MR) is 84.0 cm³/mol. The minimum absolute atomic E-state index is 0.248. The van der Waals surface area contributed by atoms with Gasteiger partial charge in [-0.1, -0.05) is 38.1 Å². The maximum atomic E-state index is 12.9. The molecule has 0 fully saturated rings. The summed E-state index contributed by atoms with van der Waals surface area (Å²) < 4.78 is 18.6. The molecule has 0 aromatic heterocycles. The van der Waals surface area contributed by atoms with Crippen LogP contribution in [0.4, 0.5) is 4.39 Å². The summed E-state index contributed by atoms with van der Waals surface area (Å²) in [5, 5.41) is 3.42. The minimum Gasteiger partial charge on any atom is -0.489 e. The molecule has 0 atom stereocenters. The van der Waals surface area contributed by atoms with Crippen molar-refractivity contribution in [3.8, 4) is 5.75 Å². The summed E-state index contributed by atoms with van der Waals surface area (Å²) >= 11 is 0. The van der Waals surface area contributed by atoms with Crippen LogP contribution in [0.3, 0.4) is 0 Å². The maximum absolute atomic E-state index is 12.9. The molecular formula is C18H22FNO. The summed E-state index contributed by atoms with van der Waals surface area (Å²) in [6.07, 6.45) is 0.973. The number of benzene rings is 2. The van der Waals surface area contributed by atoms with E-state index < -0.39 is 0 Å². The second-order valence-corrected chi connectivity index (χ2v) is 5.37. The highest BCUT2D eigenvalue weighted by Gasteiger charge is 2.03. The Hall–Kier alpha value is -1.87. The lowest BCUT2D eigenvalue weighted by molar-refractivity contribution is 0.304. The molecule has 0 aliphatic rings. The lowest BCUT2D eigenvalue weighted by Crippen LogP contribution is -2.25. The molecular weight excluding hydrogens is 265 g/mol. The van der Waals surface area contributed by atoms with Crippen LogP contribution in [0, 0.1) is 5.82 Å². The van der Waals surface area contributed by atoms with E-state index in [4.69, 9.17) is 4.74 Å². The molecule has 0 spiro atoms. The SMILES string of the molecule is CC(C)NCCc1ccccc1COc1ccc(F)cc1. The van der Waals surface area contributed by atoms with Gasteiger partial charge < -0.3 is 10.1 Å². The lowest BCUT2D eigenvalue weighted by Gasteiger charge is -2.13. The van der Waals surface area contributed by atoms with Crippen LogP contribution in [0.5, 0.6) is 5.75 Å². The number of hydrogen-bond acceptors (Lipinski definition) is 2. The normalized spacial score (nSPS) is 10.9. The third-order valence-electron chi connectivity index (χ3n) is 3.27. The fourth-order valence-electron chi connectivity index (χ4n) is 2.13. The van der Waals surface area contributed by atoms with Gasteiger partial charge in [0.25, 0.3) is 0 Å². The first kappa shape index (κ1) is 15.5. The Morgan fingerprint density at radius 1 is 1.00 bits per heavy atom. The van der Waals surface area contributed by atoms with E-state index in [1.807, 2.05) is 12.1 Å². The number of hydrogen-bond donors (Lipinski definition) is 1. The van der Waals surface area contributed by atoms with Gasteiger partial charge >= 0.3 is 0 Å². The van der Waals surface area contributed by atoms with Crippen molar-refractivity contribution in [2.75, 3.05) is 6.54 Å². The van der Waals surface area contributed by atoms with Crippen molar-refractivity contribution < 1.29 is 9.13 Å². The highest BCUT2D eigenvalue weighted by atomic mass is 19.1. The van der Waals surface area contributed by atoms with Crippen LogP contribution in [-0.4, -0.2) is 12.6 Å². The lowest BCUT2D eigenvalue weighted by atomic mass is 10.1. The molecule has 1 N–H and O–H groups in total. The highest BCUT2D eigenvalue weighted by Crippen LogP contribution is 2.16. The molecule has 0 saturated heterocycles. The van der Waals surface area contributed by atoms with Crippen LogP contribution in [0.1, 0.15) is 25.0 Å². The van der Waals surface area contributed by atoms with Gasteiger partial charge in [-0.3, -0.25) is 0 Å². The molecule has 2 rings (SSSR count). The first-order chi connectivity index (χ1) is 10.1. The van der Waals surface area contributed by atoms with Crippen molar-refractivity contribution in [3.63, 3.8) is 0 Å². The number of halogens is 1. The van der Waals surface area contributed by atoms with Crippen molar-refractivity contribution in [1.82, 2.24) is 5.32 Å². The van der Waals surface area contributed by atoms with Crippen molar-refractivity contribution in [2.24, 2.45) is 0 Å². The molecule has 112 valence electrons. The van der Waals surface area contributed by atoms with Gasteiger partial charge in [0.1, 0.15) is 18.2 Å². The van der Waals surface area contributed by atoms with Gasteiger partial charge in [-0.25, -0.2) is 4.39 Å². The highest BCUT2D eigenvalue weighted by molar-refractivity contribution is 5.28. The smallest absolute Gasteiger partial charge is 0.123 e. The Labute approximate surface area is 126 Å². The van der Waals surface area contributed by atoms with Gasteiger partial charge in [0.05, 0.1) is 0 Å². The molecule has 0 radical (unpaired) electrons. The quantitative estimate of drug-likeness (QED) is 0.832. The van der Waals surface area contributed by atoms with E-state index in [0.29, 0.717) is 18.4 Å². The third kappa shape index (κ3) is 5.20. The molecule has 0 unspecified atom stereocenters. The Morgan fingerprint density at radius 3 is 2.33 bits per heavy atom. The average molecular weight is 287 g/mol. The summed E-state index contributed by atoms with van der Waals surface area (Å²) in [5.41, 5.74) is 2.46. The molecule has 0 bridgehead atoms.